The Hall–Kier alpha value is -3.80. The van der Waals surface area contributed by atoms with Crippen LogP contribution in [0.5, 0.6) is 0 Å². The molecule has 0 bridgehead atoms. The largest absolute Gasteiger partial charge is 0.358 e. The molecule has 0 amide bonds. The van der Waals surface area contributed by atoms with Crippen molar-refractivity contribution in [3.8, 4) is 11.3 Å². The monoisotopic (exact) mass is 457 g/mol. The minimum absolute atomic E-state index is 0.104. The lowest BCUT2D eigenvalue weighted by Crippen LogP contribution is -2.27. The van der Waals surface area contributed by atoms with E-state index in [4.69, 9.17) is 0 Å². The summed E-state index contributed by atoms with van der Waals surface area (Å²) in [5.74, 6) is 0.0180. The number of H-pyrrole nitrogens is 1. The molecule has 0 saturated heterocycles. The van der Waals surface area contributed by atoms with E-state index in [1.165, 1.54) is 24.3 Å². The molecule has 0 radical (unpaired) electrons. The van der Waals surface area contributed by atoms with Crippen LogP contribution in [0.3, 0.4) is 0 Å². The number of pyridine rings is 1. The number of benzene rings is 2. The summed E-state index contributed by atoms with van der Waals surface area (Å²) in [5.41, 5.74) is 5.42. The first kappa shape index (κ1) is 22.0. The Morgan fingerprint density at radius 1 is 1.00 bits per heavy atom. The second-order valence-corrected chi connectivity index (χ2v) is 9.64. The lowest BCUT2D eigenvalue weighted by atomic mass is 9.75. The van der Waals surface area contributed by atoms with Gasteiger partial charge in [0.2, 0.25) is 0 Å². The Labute approximate surface area is 197 Å². The van der Waals surface area contributed by atoms with Gasteiger partial charge in [-0.15, -0.1) is 0 Å². The molecule has 1 aliphatic rings. The van der Waals surface area contributed by atoms with Crippen molar-refractivity contribution in [2.24, 2.45) is 5.41 Å². The number of carbonyl (C=O) groups excluding carboxylic acids is 1. The van der Waals surface area contributed by atoms with E-state index in [-0.39, 0.29) is 22.8 Å². The number of rotatable bonds is 5. The highest BCUT2D eigenvalue weighted by Gasteiger charge is 2.35. The van der Waals surface area contributed by atoms with E-state index in [2.05, 4.69) is 29.1 Å². The Balaban J connectivity index is 1.59. The molecule has 172 valence electrons. The fraction of sp³-hybridized carbons (Fsp3) is 0.214. The number of aromatic amines is 1. The molecule has 2 heterocycles. The van der Waals surface area contributed by atoms with E-state index >= 15 is 0 Å². The van der Waals surface area contributed by atoms with E-state index in [9.17, 15) is 13.6 Å². The predicted octanol–water partition coefficient (Wildman–Crippen LogP) is 6.84. The number of hydrogen-bond acceptors (Lipinski definition) is 3. The Morgan fingerprint density at radius 2 is 1.76 bits per heavy atom. The molecule has 6 heteroatoms. The number of nitrogens with one attached hydrogen (secondary N) is 2. The highest BCUT2D eigenvalue weighted by Crippen LogP contribution is 2.40. The van der Waals surface area contributed by atoms with Crippen LogP contribution in [0, 0.1) is 17.0 Å². The normalized spacial score (nSPS) is 14.6. The van der Waals surface area contributed by atoms with Crippen LogP contribution in [-0.2, 0) is 12.8 Å². The number of hydrogen-bond donors (Lipinski definition) is 2. The van der Waals surface area contributed by atoms with Crippen LogP contribution in [0.15, 0.2) is 66.9 Å². The van der Waals surface area contributed by atoms with Gasteiger partial charge >= 0.3 is 0 Å². The zero-order valence-corrected chi connectivity index (χ0v) is 19.1. The molecule has 0 atom stereocenters. The van der Waals surface area contributed by atoms with Gasteiger partial charge in [0.1, 0.15) is 17.5 Å². The molecule has 4 aromatic rings. The van der Waals surface area contributed by atoms with Crippen LogP contribution in [0.25, 0.3) is 11.3 Å². The fourth-order valence-corrected chi connectivity index (χ4v) is 4.77. The van der Waals surface area contributed by atoms with E-state index in [0.29, 0.717) is 24.3 Å². The number of carbonyl (C=O) groups is 1. The number of Topliss-reactive ketones (excluding diaryl/α,β-unsaturated/α-hetero) is 1. The number of ketones is 1. The first-order valence-electron chi connectivity index (χ1n) is 11.3. The highest BCUT2D eigenvalue weighted by molar-refractivity contribution is 6.02. The summed E-state index contributed by atoms with van der Waals surface area (Å²) in [4.78, 5) is 21.1. The van der Waals surface area contributed by atoms with Crippen molar-refractivity contribution in [2.45, 2.75) is 33.1 Å². The van der Waals surface area contributed by atoms with Crippen LogP contribution >= 0.6 is 0 Å². The maximum atomic E-state index is 13.9. The lowest BCUT2D eigenvalue weighted by molar-refractivity contribution is 0.0911. The number of halogens is 2. The number of fused-ring (bicyclic) bond motifs is 1. The Kier molecular flexibility index (Phi) is 5.52. The van der Waals surface area contributed by atoms with Crippen molar-refractivity contribution in [2.75, 3.05) is 5.32 Å². The van der Waals surface area contributed by atoms with E-state index in [1.807, 2.05) is 18.2 Å². The quantitative estimate of drug-likeness (QED) is 0.345. The van der Waals surface area contributed by atoms with E-state index in [0.717, 1.165) is 40.1 Å². The van der Waals surface area contributed by atoms with Gasteiger partial charge in [0, 0.05) is 41.5 Å². The molecular formula is C28H25F2N3O. The molecule has 0 saturated carbocycles. The first-order valence-corrected chi connectivity index (χ1v) is 11.3. The molecule has 0 unspecified atom stereocenters. The third-order valence-corrected chi connectivity index (χ3v) is 6.17. The van der Waals surface area contributed by atoms with Gasteiger partial charge in [-0.05, 0) is 65.4 Å². The molecule has 2 N–H and O–H groups in total. The van der Waals surface area contributed by atoms with Gasteiger partial charge in [0.05, 0.1) is 5.69 Å². The second kappa shape index (κ2) is 8.52. The topological polar surface area (TPSA) is 57.8 Å². The van der Waals surface area contributed by atoms with Crippen molar-refractivity contribution in [3.05, 3.63) is 101 Å². The lowest BCUT2D eigenvalue weighted by Gasteiger charge is -2.28. The van der Waals surface area contributed by atoms with E-state index in [1.54, 1.807) is 24.4 Å². The van der Waals surface area contributed by atoms with Crippen LogP contribution in [0.4, 0.5) is 20.3 Å². The van der Waals surface area contributed by atoms with Gasteiger partial charge in [-0.3, -0.25) is 4.79 Å². The molecule has 34 heavy (non-hydrogen) atoms. The van der Waals surface area contributed by atoms with Gasteiger partial charge in [-0.25, -0.2) is 13.8 Å². The molecule has 2 aromatic carbocycles. The summed E-state index contributed by atoms with van der Waals surface area (Å²) in [7, 11) is 0. The smallest absolute Gasteiger partial charge is 0.165 e. The number of aromatic nitrogens is 2. The third-order valence-electron chi connectivity index (χ3n) is 6.17. The van der Waals surface area contributed by atoms with Gasteiger partial charge < -0.3 is 10.3 Å². The van der Waals surface area contributed by atoms with Crippen molar-refractivity contribution >= 4 is 17.3 Å². The van der Waals surface area contributed by atoms with Crippen LogP contribution in [0.1, 0.15) is 47.4 Å². The SMILES string of the molecule is CC1(C)CC(=O)c2c([nH]c(-c3ccnc(Nc4cccc(F)c4)c3)c2Cc2cccc(F)c2)C1. The zero-order chi connectivity index (χ0) is 23.9. The predicted molar refractivity (Wildman–Crippen MR) is 129 cm³/mol. The Morgan fingerprint density at radius 3 is 2.53 bits per heavy atom. The summed E-state index contributed by atoms with van der Waals surface area (Å²) in [6, 6.07) is 16.4. The van der Waals surface area contributed by atoms with Gasteiger partial charge in [-0.2, -0.15) is 0 Å². The average molecular weight is 458 g/mol. The zero-order valence-electron chi connectivity index (χ0n) is 19.1. The Bertz CT molecular complexity index is 1390. The second-order valence-electron chi connectivity index (χ2n) is 9.64. The van der Waals surface area contributed by atoms with Gasteiger partial charge in [0.25, 0.3) is 0 Å². The minimum atomic E-state index is -0.336. The molecule has 0 spiro atoms. The van der Waals surface area contributed by atoms with E-state index < -0.39 is 0 Å². The summed E-state index contributed by atoms with van der Waals surface area (Å²) in [6.45, 7) is 4.18. The molecule has 0 aliphatic heterocycles. The maximum absolute atomic E-state index is 13.9. The maximum Gasteiger partial charge on any atom is 0.165 e. The van der Waals surface area contributed by atoms with Crippen molar-refractivity contribution in [1.29, 1.82) is 0 Å². The average Bonchev–Trinajstić information content (AvgIpc) is 3.11. The van der Waals surface area contributed by atoms with Crippen molar-refractivity contribution in [3.63, 3.8) is 0 Å². The van der Waals surface area contributed by atoms with Crippen molar-refractivity contribution < 1.29 is 13.6 Å². The summed E-state index contributed by atoms with van der Waals surface area (Å²) in [5, 5.41) is 3.13. The third kappa shape index (κ3) is 4.49. The summed E-state index contributed by atoms with van der Waals surface area (Å²) >= 11 is 0. The summed E-state index contributed by atoms with van der Waals surface area (Å²) < 4.78 is 27.5. The van der Waals surface area contributed by atoms with Gasteiger partial charge in [0.15, 0.2) is 5.78 Å². The van der Waals surface area contributed by atoms with Crippen molar-refractivity contribution in [1.82, 2.24) is 9.97 Å². The van der Waals surface area contributed by atoms with Crippen LogP contribution in [0.2, 0.25) is 0 Å². The summed E-state index contributed by atoms with van der Waals surface area (Å²) in [6.07, 6.45) is 3.33. The molecule has 2 aromatic heterocycles. The highest BCUT2D eigenvalue weighted by atomic mass is 19.1. The van der Waals surface area contributed by atoms with Crippen LogP contribution < -0.4 is 5.32 Å². The molecule has 5 rings (SSSR count). The standard InChI is InChI=1S/C28H25F2N3O/c1-28(2)15-23-26(24(34)16-28)22(12-17-5-3-6-19(29)11-17)27(33-23)18-9-10-31-25(13-18)32-21-8-4-7-20(30)14-21/h3-11,13-14,33H,12,15-16H2,1-2H3,(H,31,32). The molecular weight excluding hydrogens is 432 g/mol. The molecule has 4 nitrogen and oxygen atoms in total. The first-order chi connectivity index (χ1) is 16.3. The fourth-order valence-electron chi connectivity index (χ4n) is 4.77. The number of anilines is 2. The minimum Gasteiger partial charge on any atom is -0.358 e. The van der Waals surface area contributed by atoms with Crippen LogP contribution in [-0.4, -0.2) is 15.8 Å². The number of nitrogens with zero attached hydrogens (tertiary/aromatic N) is 1. The molecule has 1 aliphatic carbocycles. The molecule has 0 fully saturated rings. The van der Waals surface area contributed by atoms with Gasteiger partial charge in [-0.1, -0.05) is 32.0 Å².